The molecule has 0 saturated carbocycles. The van der Waals surface area contributed by atoms with Gasteiger partial charge < -0.3 is 10.0 Å². The summed E-state index contributed by atoms with van der Waals surface area (Å²) in [6.45, 7) is 2.99. The molecule has 1 aromatic heterocycles. The summed E-state index contributed by atoms with van der Waals surface area (Å²) >= 11 is 0. The Labute approximate surface area is 82.2 Å². The quantitative estimate of drug-likeness (QED) is 0.692. The van der Waals surface area contributed by atoms with Gasteiger partial charge in [0.05, 0.1) is 5.60 Å². The van der Waals surface area contributed by atoms with Crippen molar-refractivity contribution in [3.8, 4) is 0 Å². The molecule has 0 spiro atoms. The molecule has 14 heavy (non-hydrogen) atoms. The Hall–Kier alpha value is -1.42. The standard InChI is InChI=1S/C10H12N2O2/c1-10(14)6-12(7-10)9-3-2-8(5-13)4-11-9/h2-5,14H,6-7H2,1H3. The molecule has 0 aliphatic carbocycles. The highest BCUT2D eigenvalue weighted by Gasteiger charge is 2.37. The molecule has 0 radical (unpaired) electrons. The molecular formula is C10H12N2O2. The van der Waals surface area contributed by atoms with E-state index in [1.807, 2.05) is 4.90 Å². The van der Waals surface area contributed by atoms with Gasteiger partial charge in [0.1, 0.15) is 5.82 Å². The maximum absolute atomic E-state index is 10.4. The van der Waals surface area contributed by atoms with Gasteiger partial charge in [-0.15, -0.1) is 0 Å². The number of rotatable bonds is 2. The van der Waals surface area contributed by atoms with E-state index >= 15 is 0 Å². The summed E-state index contributed by atoms with van der Waals surface area (Å²) in [4.78, 5) is 16.5. The average molecular weight is 192 g/mol. The number of aldehydes is 1. The predicted octanol–water partition coefficient (Wildman–Crippen LogP) is 0.465. The van der Waals surface area contributed by atoms with E-state index in [0.29, 0.717) is 18.7 Å². The zero-order chi connectivity index (χ0) is 10.2. The van der Waals surface area contributed by atoms with E-state index in [1.54, 1.807) is 19.1 Å². The Balaban J connectivity index is 2.08. The molecule has 0 aromatic carbocycles. The van der Waals surface area contributed by atoms with E-state index in [-0.39, 0.29) is 0 Å². The second kappa shape index (κ2) is 3.06. The molecule has 0 atom stereocenters. The van der Waals surface area contributed by atoms with Crippen molar-refractivity contribution >= 4 is 12.1 Å². The lowest BCUT2D eigenvalue weighted by molar-refractivity contribution is 0.0305. The van der Waals surface area contributed by atoms with E-state index in [1.165, 1.54) is 6.20 Å². The first-order chi connectivity index (χ1) is 6.61. The van der Waals surface area contributed by atoms with Crippen molar-refractivity contribution in [3.05, 3.63) is 23.9 Å². The van der Waals surface area contributed by atoms with Gasteiger partial charge in [-0.3, -0.25) is 4.79 Å². The Morgan fingerprint density at radius 2 is 2.29 bits per heavy atom. The Morgan fingerprint density at radius 1 is 1.57 bits per heavy atom. The van der Waals surface area contributed by atoms with Gasteiger partial charge in [0.25, 0.3) is 0 Å². The normalized spacial score (nSPS) is 18.9. The van der Waals surface area contributed by atoms with Crippen LogP contribution in [-0.4, -0.2) is 35.1 Å². The third-order valence-electron chi connectivity index (χ3n) is 2.29. The maximum atomic E-state index is 10.4. The van der Waals surface area contributed by atoms with Gasteiger partial charge in [0.2, 0.25) is 0 Å². The summed E-state index contributed by atoms with van der Waals surface area (Å²) in [6.07, 6.45) is 2.30. The Kier molecular flexibility index (Phi) is 2.00. The number of anilines is 1. The van der Waals surface area contributed by atoms with Crippen molar-refractivity contribution in [2.24, 2.45) is 0 Å². The molecule has 1 aliphatic rings. The zero-order valence-corrected chi connectivity index (χ0v) is 7.97. The molecule has 0 bridgehead atoms. The molecule has 1 aromatic rings. The van der Waals surface area contributed by atoms with Crippen LogP contribution in [0.5, 0.6) is 0 Å². The molecule has 2 heterocycles. The van der Waals surface area contributed by atoms with Crippen molar-refractivity contribution in [2.45, 2.75) is 12.5 Å². The summed E-state index contributed by atoms with van der Waals surface area (Å²) in [5, 5.41) is 9.52. The van der Waals surface area contributed by atoms with Crippen LogP contribution in [0.1, 0.15) is 17.3 Å². The van der Waals surface area contributed by atoms with Gasteiger partial charge in [-0.05, 0) is 19.1 Å². The predicted molar refractivity (Wildman–Crippen MR) is 52.5 cm³/mol. The van der Waals surface area contributed by atoms with Crippen molar-refractivity contribution in [2.75, 3.05) is 18.0 Å². The number of nitrogens with zero attached hydrogens (tertiary/aromatic N) is 2. The Bertz CT molecular complexity index is 338. The molecule has 74 valence electrons. The summed E-state index contributed by atoms with van der Waals surface area (Å²) < 4.78 is 0. The third kappa shape index (κ3) is 1.61. The lowest BCUT2D eigenvalue weighted by Crippen LogP contribution is -2.60. The van der Waals surface area contributed by atoms with Crippen LogP contribution in [0.25, 0.3) is 0 Å². The van der Waals surface area contributed by atoms with Crippen LogP contribution in [-0.2, 0) is 0 Å². The third-order valence-corrected chi connectivity index (χ3v) is 2.29. The van der Waals surface area contributed by atoms with Crippen LogP contribution >= 0.6 is 0 Å². The van der Waals surface area contributed by atoms with E-state index in [4.69, 9.17) is 0 Å². The van der Waals surface area contributed by atoms with Crippen LogP contribution in [0.2, 0.25) is 0 Å². The van der Waals surface area contributed by atoms with Crippen molar-refractivity contribution in [3.63, 3.8) is 0 Å². The molecule has 1 aliphatic heterocycles. The van der Waals surface area contributed by atoms with Crippen molar-refractivity contribution in [1.29, 1.82) is 0 Å². The van der Waals surface area contributed by atoms with Gasteiger partial charge in [-0.25, -0.2) is 4.98 Å². The fourth-order valence-corrected chi connectivity index (χ4v) is 1.59. The highest BCUT2D eigenvalue weighted by Crippen LogP contribution is 2.25. The molecule has 2 rings (SSSR count). The van der Waals surface area contributed by atoms with Crippen LogP contribution in [0.4, 0.5) is 5.82 Å². The number of hydrogen-bond donors (Lipinski definition) is 1. The zero-order valence-electron chi connectivity index (χ0n) is 7.97. The molecule has 0 amide bonds. The highest BCUT2D eigenvalue weighted by molar-refractivity contribution is 5.74. The second-order valence-electron chi connectivity index (χ2n) is 3.92. The Morgan fingerprint density at radius 3 is 2.71 bits per heavy atom. The molecule has 0 unspecified atom stereocenters. The van der Waals surface area contributed by atoms with Gasteiger partial charge in [0.15, 0.2) is 6.29 Å². The summed E-state index contributed by atoms with van der Waals surface area (Å²) in [5.41, 5.74) is -0.0218. The minimum atomic E-state index is -0.592. The number of β-amino-alcohol motifs (C(OH)–C–C–N with tert-alkyl or cyclic N) is 1. The number of aliphatic hydroxyl groups is 1. The smallest absolute Gasteiger partial charge is 0.151 e. The van der Waals surface area contributed by atoms with Gasteiger partial charge in [-0.2, -0.15) is 0 Å². The van der Waals surface area contributed by atoms with Gasteiger partial charge >= 0.3 is 0 Å². The average Bonchev–Trinajstić information content (AvgIpc) is 2.14. The SMILES string of the molecule is CC1(O)CN(c2ccc(C=O)cn2)C1. The molecule has 1 N–H and O–H groups in total. The summed E-state index contributed by atoms with van der Waals surface area (Å²) in [5.74, 6) is 0.808. The van der Waals surface area contributed by atoms with Crippen molar-refractivity contribution in [1.82, 2.24) is 4.98 Å². The number of carbonyl (C=O) groups excluding carboxylic acids is 1. The van der Waals surface area contributed by atoms with E-state index < -0.39 is 5.60 Å². The van der Waals surface area contributed by atoms with Crippen LogP contribution in [0.3, 0.4) is 0 Å². The lowest BCUT2D eigenvalue weighted by Gasteiger charge is -2.44. The van der Waals surface area contributed by atoms with Gasteiger partial charge in [0, 0.05) is 24.8 Å². The van der Waals surface area contributed by atoms with E-state index in [0.717, 1.165) is 12.1 Å². The number of aromatic nitrogens is 1. The van der Waals surface area contributed by atoms with Gasteiger partial charge in [-0.1, -0.05) is 0 Å². The van der Waals surface area contributed by atoms with Crippen molar-refractivity contribution < 1.29 is 9.90 Å². The maximum Gasteiger partial charge on any atom is 0.151 e. The largest absolute Gasteiger partial charge is 0.386 e. The fourth-order valence-electron chi connectivity index (χ4n) is 1.59. The first-order valence-corrected chi connectivity index (χ1v) is 4.49. The molecular weight excluding hydrogens is 180 g/mol. The first kappa shape index (κ1) is 9.15. The molecule has 1 saturated heterocycles. The molecule has 4 heteroatoms. The minimum absolute atomic E-state index is 0.570. The highest BCUT2D eigenvalue weighted by atomic mass is 16.3. The number of pyridine rings is 1. The molecule has 4 nitrogen and oxygen atoms in total. The lowest BCUT2D eigenvalue weighted by atomic mass is 9.97. The summed E-state index contributed by atoms with van der Waals surface area (Å²) in [6, 6.07) is 3.52. The number of carbonyl (C=O) groups is 1. The first-order valence-electron chi connectivity index (χ1n) is 4.49. The minimum Gasteiger partial charge on any atom is -0.386 e. The number of hydrogen-bond acceptors (Lipinski definition) is 4. The summed E-state index contributed by atoms with van der Waals surface area (Å²) in [7, 11) is 0. The molecule has 1 fully saturated rings. The fraction of sp³-hybridized carbons (Fsp3) is 0.400. The second-order valence-corrected chi connectivity index (χ2v) is 3.92. The topological polar surface area (TPSA) is 53.4 Å². The van der Waals surface area contributed by atoms with E-state index in [9.17, 15) is 9.90 Å². The monoisotopic (exact) mass is 192 g/mol. The van der Waals surface area contributed by atoms with Crippen LogP contribution < -0.4 is 4.90 Å². The van der Waals surface area contributed by atoms with Crippen LogP contribution in [0, 0.1) is 0 Å². The van der Waals surface area contributed by atoms with E-state index in [2.05, 4.69) is 4.98 Å². The van der Waals surface area contributed by atoms with Crippen LogP contribution in [0.15, 0.2) is 18.3 Å².